The van der Waals surface area contributed by atoms with E-state index in [-0.39, 0.29) is 5.75 Å². The largest absolute Gasteiger partial charge is 0.493 e. The Morgan fingerprint density at radius 1 is 1.12 bits per heavy atom. The van der Waals surface area contributed by atoms with Crippen molar-refractivity contribution < 1.29 is 27.5 Å². The van der Waals surface area contributed by atoms with Gasteiger partial charge in [-0.3, -0.25) is 9.63 Å². The Morgan fingerprint density at radius 2 is 1.84 bits per heavy atom. The first kappa shape index (κ1) is 25.8. The summed E-state index contributed by atoms with van der Waals surface area (Å²) in [5.41, 5.74) is 3.02. The van der Waals surface area contributed by atoms with Crippen LogP contribution in [0.5, 0.6) is 11.5 Å². The third-order valence-corrected chi connectivity index (χ3v) is 7.03. The molecule has 1 aliphatic rings. The molecule has 0 aromatic heterocycles. The highest BCUT2D eigenvalue weighted by molar-refractivity contribution is 7.89. The molecule has 1 saturated heterocycles. The molecule has 9 nitrogen and oxygen atoms in total. The molecule has 1 aromatic carbocycles. The van der Waals surface area contributed by atoms with Crippen molar-refractivity contribution in [3.63, 3.8) is 0 Å². The van der Waals surface area contributed by atoms with Gasteiger partial charge in [0.1, 0.15) is 5.75 Å². The first-order chi connectivity index (χ1) is 15.4. The number of ether oxygens (including phenoxy) is 2. The van der Waals surface area contributed by atoms with Crippen molar-refractivity contribution in [2.24, 2.45) is 0 Å². The van der Waals surface area contributed by atoms with Crippen LogP contribution >= 0.6 is 0 Å². The van der Waals surface area contributed by atoms with Gasteiger partial charge >= 0.3 is 0 Å². The molecule has 1 aliphatic heterocycles. The number of sulfonamides is 1. The summed E-state index contributed by atoms with van der Waals surface area (Å²) in [7, 11) is -0.449. The van der Waals surface area contributed by atoms with Gasteiger partial charge in [0.15, 0.2) is 17.6 Å². The number of nitrogens with one attached hydrogen (secondary N) is 1. The quantitative estimate of drug-likeness (QED) is 0.217. The Kier molecular flexibility index (Phi) is 10.6. The fraction of sp³-hybridized carbons (Fsp3) is 0.591. The fourth-order valence-corrected chi connectivity index (χ4v) is 4.87. The number of carbonyl (C=O) groups excluding carboxylic acids is 1. The van der Waals surface area contributed by atoms with E-state index in [0.29, 0.717) is 50.5 Å². The van der Waals surface area contributed by atoms with E-state index in [1.807, 2.05) is 18.2 Å². The van der Waals surface area contributed by atoms with Crippen LogP contribution in [-0.2, 0) is 19.7 Å². The number of piperazine rings is 1. The number of anilines is 1. The van der Waals surface area contributed by atoms with Gasteiger partial charge in [0.2, 0.25) is 16.4 Å². The summed E-state index contributed by atoms with van der Waals surface area (Å²) in [6, 6.07) is 5.64. The number of carbonyl (C=O) groups is 1. The van der Waals surface area contributed by atoms with Crippen LogP contribution in [0.3, 0.4) is 0 Å². The van der Waals surface area contributed by atoms with Crippen LogP contribution in [0.4, 0.5) is 5.69 Å². The van der Waals surface area contributed by atoms with Gasteiger partial charge in [-0.15, -0.1) is 5.92 Å². The molecule has 2 rings (SSSR count). The molecule has 0 saturated carbocycles. The van der Waals surface area contributed by atoms with Gasteiger partial charge < -0.3 is 14.4 Å². The number of amides is 1. The van der Waals surface area contributed by atoms with Gasteiger partial charge in [-0.25, -0.2) is 13.9 Å². The Morgan fingerprint density at radius 3 is 2.47 bits per heavy atom. The van der Waals surface area contributed by atoms with E-state index in [1.54, 1.807) is 14.2 Å². The predicted octanol–water partition coefficient (Wildman–Crippen LogP) is 1.79. The Hall–Kier alpha value is -2.48. The normalized spacial score (nSPS) is 15.4. The highest BCUT2D eigenvalue weighted by atomic mass is 32.2. The second kappa shape index (κ2) is 13.2. The van der Waals surface area contributed by atoms with E-state index < -0.39 is 16.1 Å². The third kappa shape index (κ3) is 7.58. The summed E-state index contributed by atoms with van der Waals surface area (Å²) in [5, 5.41) is 0. The number of methoxy groups -OCH3 is 2. The lowest BCUT2D eigenvalue weighted by Crippen LogP contribution is -2.50. The van der Waals surface area contributed by atoms with E-state index in [1.165, 1.54) is 4.31 Å². The summed E-state index contributed by atoms with van der Waals surface area (Å²) >= 11 is 0. The molecule has 0 aliphatic carbocycles. The average molecular weight is 468 g/mol. The van der Waals surface area contributed by atoms with Gasteiger partial charge in [-0.05, 0) is 18.6 Å². The summed E-state index contributed by atoms with van der Waals surface area (Å²) < 4.78 is 37.9. The second-order valence-corrected chi connectivity index (χ2v) is 9.34. The molecule has 1 aromatic rings. The highest BCUT2D eigenvalue weighted by Gasteiger charge is 2.30. The van der Waals surface area contributed by atoms with Crippen molar-refractivity contribution in [3.8, 4) is 23.3 Å². The molecular weight excluding hydrogens is 434 g/mol. The van der Waals surface area contributed by atoms with Crippen LogP contribution in [0.1, 0.15) is 32.6 Å². The lowest BCUT2D eigenvalue weighted by molar-refractivity contribution is -0.122. The summed E-state index contributed by atoms with van der Waals surface area (Å²) in [5.74, 6) is 6.74. The van der Waals surface area contributed by atoms with Crippen LogP contribution in [0, 0.1) is 11.8 Å². The number of hydroxylamine groups is 1. The van der Waals surface area contributed by atoms with Crippen molar-refractivity contribution in [2.45, 2.75) is 38.7 Å². The van der Waals surface area contributed by atoms with E-state index in [9.17, 15) is 13.2 Å². The summed E-state index contributed by atoms with van der Waals surface area (Å²) in [6.45, 7) is 3.86. The van der Waals surface area contributed by atoms with Crippen LogP contribution in [0.25, 0.3) is 0 Å². The van der Waals surface area contributed by atoms with Gasteiger partial charge in [0.25, 0.3) is 0 Å². The van der Waals surface area contributed by atoms with Crippen LogP contribution < -0.4 is 19.9 Å². The van der Waals surface area contributed by atoms with E-state index >= 15 is 0 Å². The molecule has 10 heteroatoms. The maximum Gasteiger partial charge on any atom is 0.230 e. The fourth-order valence-electron chi connectivity index (χ4n) is 3.41. The molecule has 32 heavy (non-hydrogen) atoms. The minimum Gasteiger partial charge on any atom is -0.493 e. The average Bonchev–Trinajstić information content (AvgIpc) is 2.81. The number of unbranched alkanes of at least 4 members (excludes halogenated alkanes) is 3. The molecule has 1 heterocycles. The standard InChI is InChI=1S/C22H33N3O6S/c1-4-5-6-7-8-9-20(31-23-18-26)17-32(27,28)25-14-12-24(13-15-25)19-10-11-21(29-2)22(16-19)30-3/h10-11,16,18,20H,4-7,12-15,17H2,1-3H3,(H,23,26). The SMILES string of the molecule is CCCCCC#CC(CS(=O)(=O)N1CCN(c2ccc(OC)c(OC)c2)CC1)ONC=O. The smallest absolute Gasteiger partial charge is 0.230 e. The monoisotopic (exact) mass is 467 g/mol. The van der Waals surface area contributed by atoms with Crippen molar-refractivity contribution in [1.29, 1.82) is 0 Å². The minimum absolute atomic E-state index is 0.315. The number of benzene rings is 1. The number of hydrogen-bond acceptors (Lipinski definition) is 7. The lowest BCUT2D eigenvalue weighted by atomic mass is 10.2. The number of hydrogen-bond donors (Lipinski definition) is 1. The first-order valence-corrected chi connectivity index (χ1v) is 12.3. The molecular formula is C22H33N3O6S. The van der Waals surface area contributed by atoms with E-state index in [4.69, 9.17) is 14.3 Å². The molecule has 1 N–H and O–H groups in total. The molecule has 1 atom stereocenters. The molecule has 0 radical (unpaired) electrons. The van der Waals surface area contributed by atoms with Crippen molar-refractivity contribution >= 4 is 22.1 Å². The molecule has 178 valence electrons. The van der Waals surface area contributed by atoms with Crippen molar-refractivity contribution in [1.82, 2.24) is 9.79 Å². The maximum atomic E-state index is 12.9. The van der Waals surface area contributed by atoms with Crippen LogP contribution in [0.15, 0.2) is 18.2 Å². The van der Waals surface area contributed by atoms with Gasteiger partial charge in [0, 0.05) is 44.4 Å². The molecule has 1 amide bonds. The zero-order valence-corrected chi connectivity index (χ0v) is 19.8. The molecule has 1 unspecified atom stereocenters. The Labute approximate surface area is 191 Å². The Balaban J connectivity index is 1.98. The maximum absolute atomic E-state index is 12.9. The van der Waals surface area contributed by atoms with Crippen LogP contribution in [0.2, 0.25) is 0 Å². The van der Waals surface area contributed by atoms with Gasteiger partial charge in [0.05, 0.1) is 14.2 Å². The van der Waals surface area contributed by atoms with Crippen molar-refractivity contribution in [2.75, 3.05) is 51.1 Å². The zero-order chi connectivity index (χ0) is 23.4. The summed E-state index contributed by atoms with van der Waals surface area (Å²) in [6.07, 6.45) is 3.20. The summed E-state index contributed by atoms with van der Waals surface area (Å²) in [4.78, 5) is 17.8. The van der Waals surface area contributed by atoms with Gasteiger partial charge in [-0.1, -0.05) is 25.7 Å². The zero-order valence-electron chi connectivity index (χ0n) is 19.0. The molecule has 0 bridgehead atoms. The van der Waals surface area contributed by atoms with E-state index in [2.05, 4.69) is 29.1 Å². The number of nitrogens with zero attached hydrogens (tertiary/aromatic N) is 2. The first-order valence-electron chi connectivity index (χ1n) is 10.7. The van der Waals surface area contributed by atoms with Crippen LogP contribution in [-0.4, -0.2) is 71.4 Å². The van der Waals surface area contributed by atoms with E-state index in [0.717, 1.165) is 24.9 Å². The predicted molar refractivity (Wildman–Crippen MR) is 123 cm³/mol. The highest BCUT2D eigenvalue weighted by Crippen LogP contribution is 2.32. The lowest BCUT2D eigenvalue weighted by Gasteiger charge is -2.35. The minimum atomic E-state index is -3.61. The Bertz CT molecular complexity index is 889. The van der Waals surface area contributed by atoms with Crippen molar-refractivity contribution in [3.05, 3.63) is 18.2 Å². The van der Waals surface area contributed by atoms with Gasteiger partial charge in [-0.2, -0.15) is 4.31 Å². The second-order valence-electron chi connectivity index (χ2n) is 7.32. The number of rotatable bonds is 12. The topological polar surface area (TPSA) is 97.4 Å². The molecule has 0 spiro atoms. The molecule has 1 fully saturated rings. The third-order valence-electron chi connectivity index (χ3n) is 5.15.